The highest BCUT2D eigenvalue weighted by Gasteiger charge is 2.74. The summed E-state index contributed by atoms with van der Waals surface area (Å²) in [4.78, 5) is 44.5. The number of carbonyl (C=O) groups is 3. The second kappa shape index (κ2) is 11.0. The molecule has 3 aliphatic rings. The maximum atomic E-state index is 14.2. The second-order valence-corrected chi connectivity index (χ2v) is 11.0. The van der Waals surface area contributed by atoms with Crippen LogP contribution in [-0.4, -0.2) is 75.0 Å². The number of thioether (sulfide) groups is 1. The van der Waals surface area contributed by atoms with Crippen LogP contribution in [0.3, 0.4) is 0 Å². The van der Waals surface area contributed by atoms with Crippen LogP contribution in [0, 0.1) is 11.8 Å². The van der Waals surface area contributed by atoms with Crippen LogP contribution < -0.4 is 0 Å². The van der Waals surface area contributed by atoms with Crippen LogP contribution in [0.1, 0.15) is 31.2 Å². The standard InChI is InChI=1S/C27H34N2O5S/c1-3-14-28(18-19-10-6-5-7-11-19)25(32)23-27-13-12-20(35-27)21(26(33)34-17-4-2)22(27)24(31)29(23)15-8-9-16-30/h3-7,10-11,20-23,30H,1-2,8-9,12-18H2/t20-,21+,22+,23?,27?/m1/s1. The Kier molecular flexibility index (Phi) is 8.02. The van der Waals surface area contributed by atoms with Crippen molar-refractivity contribution in [3.63, 3.8) is 0 Å². The molecule has 0 saturated carbocycles. The Hall–Kier alpha value is -2.58. The zero-order valence-corrected chi connectivity index (χ0v) is 20.8. The molecule has 2 amide bonds. The molecule has 2 bridgehead atoms. The molecule has 8 heteroatoms. The van der Waals surface area contributed by atoms with Crippen LogP contribution in [0.15, 0.2) is 55.6 Å². The largest absolute Gasteiger partial charge is 0.461 e. The summed E-state index contributed by atoms with van der Waals surface area (Å²) in [6.07, 6.45) is 5.85. The molecule has 5 atom stereocenters. The fraction of sp³-hybridized carbons (Fsp3) is 0.519. The third kappa shape index (κ3) is 4.66. The van der Waals surface area contributed by atoms with Gasteiger partial charge in [0.05, 0.1) is 16.6 Å². The first-order chi connectivity index (χ1) is 17.0. The molecule has 188 valence electrons. The molecule has 3 heterocycles. The predicted molar refractivity (Wildman–Crippen MR) is 135 cm³/mol. The zero-order valence-electron chi connectivity index (χ0n) is 20.0. The van der Waals surface area contributed by atoms with Crippen molar-refractivity contribution in [2.75, 3.05) is 26.3 Å². The summed E-state index contributed by atoms with van der Waals surface area (Å²) in [7, 11) is 0. The van der Waals surface area contributed by atoms with E-state index in [9.17, 15) is 19.5 Å². The monoisotopic (exact) mass is 498 g/mol. The summed E-state index contributed by atoms with van der Waals surface area (Å²) in [5.74, 6) is -1.76. The topological polar surface area (TPSA) is 87.1 Å². The minimum Gasteiger partial charge on any atom is -0.461 e. The fourth-order valence-electron chi connectivity index (χ4n) is 5.94. The maximum absolute atomic E-state index is 14.2. The minimum absolute atomic E-state index is 0.0269. The highest BCUT2D eigenvalue weighted by molar-refractivity contribution is 8.02. The number of aliphatic hydroxyl groups is 1. The Morgan fingerprint density at radius 3 is 2.69 bits per heavy atom. The predicted octanol–water partition coefficient (Wildman–Crippen LogP) is 2.79. The normalized spacial score (nSPS) is 28.6. The van der Waals surface area contributed by atoms with Crippen molar-refractivity contribution >= 4 is 29.5 Å². The van der Waals surface area contributed by atoms with Crippen LogP contribution in [0.25, 0.3) is 0 Å². The summed E-state index contributed by atoms with van der Waals surface area (Å²) < 4.78 is 4.75. The average Bonchev–Trinajstić information content (AvgIpc) is 3.50. The van der Waals surface area contributed by atoms with Gasteiger partial charge >= 0.3 is 5.97 Å². The van der Waals surface area contributed by atoms with E-state index in [0.29, 0.717) is 38.9 Å². The number of nitrogens with zero attached hydrogens (tertiary/aromatic N) is 2. The lowest BCUT2D eigenvalue weighted by molar-refractivity contribution is -0.153. The van der Waals surface area contributed by atoms with Gasteiger partial charge in [0.2, 0.25) is 11.8 Å². The van der Waals surface area contributed by atoms with Crippen molar-refractivity contribution in [3.05, 3.63) is 61.2 Å². The van der Waals surface area contributed by atoms with Gasteiger partial charge in [-0.2, -0.15) is 0 Å². The molecule has 1 aromatic rings. The summed E-state index contributed by atoms with van der Waals surface area (Å²) in [6, 6.07) is 9.11. The Morgan fingerprint density at radius 2 is 2.00 bits per heavy atom. The number of carbonyl (C=O) groups excluding carboxylic acids is 3. The van der Waals surface area contributed by atoms with Gasteiger partial charge in [-0.15, -0.1) is 18.3 Å². The molecule has 35 heavy (non-hydrogen) atoms. The number of ether oxygens (including phenoxy) is 1. The quantitative estimate of drug-likeness (QED) is 0.271. The number of esters is 1. The van der Waals surface area contributed by atoms with Gasteiger partial charge < -0.3 is 19.6 Å². The highest BCUT2D eigenvalue weighted by atomic mass is 32.2. The third-order valence-corrected chi connectivity index (χ3v) is 9.29. The second-order valence-electron chi connectivity index (χ2n) is 9.43. The number of amides is 2. The first kappa shape index (κ1) is 25.5. The lowest BCUT2D eigenvalue weighted by Gasteiger charge is -2.37. The molecule has 7 nitrogen and oxygen atoms in total. The molecule has 3 saturated heterocycles. The molecule has 2 unspecified atom stereocenters. The van der Waals surface area contributed by atoms with Crippen molar-refractivity contribution < 1.29 is 24.2 Å². The lowest BCUT2D eigenvalue weighted by atomic mass is 9.71. The number of benzene rings is 1. The minimum atomic E-state index is -0.658. The number of aliphatic hydroxyl groups excluding tert-OH is 1. The van der Waals surface area contributed by atoms with E-state index >= 15 is 0 Å². The van der Waals surface area contributed by atoms with Crippen LogP contribution in [0.4, 0.5) is 0 Å². The fourth-order valence-corrected chi connectivity index (χ4v) is 8.14. The number of hydrogen-bond donors (Lipinski definition) is 1. The summed E-state index contributed by atoms with van der Waals surface area (Å²) in [6.45, 7) is 8.74. The first-order valence-corrected chi connectivity index (χ1v) is 13.2. The Labute approximate surface area is 211 Å². The Balaban J connectivity index is 1.68. The molecule has 0 aromatic heterocycles. The molecular weight excluding hydrogens is 464 g/mol. The van der Waals surface area contributed by atoms with Gasteiger partial charge in [-0.1, -0.05) is 49.1 Å². The highest BCUT2D eigenvalue weighted by Crippen LogP contribution is 2.66. The molecule has 0 radical (unpaired) electrons. The lowest BCUT2D eigenvalue weighted by Crippen LogP contribution is -2.54. The van der Waals surface area contributed by atoms with E-state index in [-0.39, 0.29) is 36.2 Å². The number of hydrogen-bond acceptors (Lipinski definition) is 6. The van der Waals surface area contributed by atoms with Gasteiger partial charge in [0.15, 0.2) is 0 Å². The van der Waals surface area contributed by atoms with Crippen LogP contribution in [0.2, 0.25) is 0 Å². The van der Waals surface area contributed by atoms with Crippen LogP contribution >= 0.6 is 11.8 Å². The van der Waals surface area contributed by atoms with Gasteiger partial charge in [0, 0.05) is 31.5 Å². The molecular formula is C27H34N2O5S. The Bertz CT molecular complexity index is 970. The number of rotatable bonds is 12. The molecule has 1 spiro atoms. The number of fused-ring (bicyclic) bond motifs is 1. The van der Waals surface area contributed by atoms with Crippen molar-refractivity contribution in [3.8, 4) is 0 Å². The molecule has 0 aliphatic carbocycles. The van der Waals surface area contributed by atoms with Crippen molar-refractivity contribution in [2.24, 2.45) is 11.8 Å². The van der Waals surface area contributed by atoms with E-state index < -0.39 is 22.6 Å². The summed E-state index contributed by atoms with van der Waals surface area (Å²) in [5, 5.41) is 9.27. The van der Waals surface area contributed by atoms with Gasteiger partial charge in [0.1, 0.15) is 12.6 Å². The Morgan fingerprint density at radius 1 is 1.23 bits per heavy atom. The SMILES string of the molecule is C=CCOC(=O)[C@@H]1[C@H]2C(=O)N(CCCCO)C(C(=O)N(CC=C)Cc3ccccc3)C23CC[C@H]1S3. The van der Waals surface area contributed by atoms with E-state index in [4.69, 9.17) is 4.74 Å². The smallest absolute Gasteiger partial charge is 0.311 e. The van der Waals surface area contributed by atoms with Gasteiger partial charge in [0.25, 0.3) is 0 Å². The van der Waals surface area contributed by atoms with E-state index in [1.165, 1.54) is 6.08 Å². The molecule has 3 fully saturated rings. The van der Waals surface area contributed by atoms with Crippen molar-refractivity contribution in [1.82, 2.24) is 9.80 Å². The molecule has 1 aromatic carbocycles. The summed E-state index contributed by atoms with van der Waals surface area (Å²) in [5.41, 5.74) is 1.00. The van der Waals surface area contributed by atoms with Crippen LogP contribution in [-0.2, 0) is 25.7 Å². The first-order valence-electron chi connectivity index (χ1n) is 12.3. The van der Waals surface area contributed by atoms with Crippen molar-refractivity contribution in [1.29, 1.82) is 0 Å². The zero-order chi connectivity index (χ0) is 25.0. The average molecular weight is 499 g/mol. The third-order valence-electron chi connectivity index (χ3n) is 7.33. The summed E-state index contributed by atoms with van der Waals surface area (Å²) >= 11 is 1.63. The van der Waals surface area contributed by atoms with Crippen LogP contribution in [0.5, 0.6) is 0 Å². The number of likely N-dealkylation sites (tertiary alicyclic amines) is 1. The maximum Gasteiger partial charge on any atom is 0.311 e. The van der Waals surface area contributed by atoms with E-state index in [1.807, 2.05) is 30.3 Å². The van der Waals surface area contributed by atoms with Crippen molar-refractivity contribution in [2.45, 2.75) is 48.3 Å². The van der Waals surface area contributed by atoms with E-state index in [1.54, 1.807) is 27.6 Å². The van der Waals surface area contributed by atoms with Gasteiger partial charge in [-0.25, -0.2) is 0 Å². The number of unbranched alkanes of at least 4 members (excludes halogenated alkanes) is 1. The van der Waals surface area contributed by atoms with Gasteiger partial charge in [-0.3, -0.25) is 14.4 Å². The molecule has 4 rings (SSSR count). The molecule has 1 N–H and O–H groups in total. The van der Waals surface area contributed by atoms with E-state index in [2.05, 4.69) is 13.2 Å². The molecule has 3 aliphatic heterocycles. The van der Waals surface area contributed by atoms with E-state index in [0.717, 1.165) is 12.0 Å². The van der Waals surface area contributed by atoms with Gasteiger partial charge in [-0.05, 0) is 31.2 Å².